The number of anilines is 1. The molecule has 20 heavy (non-hydrogen) atoms. The quantitative estimate of drug-likeness (QED) is 0.883. The molecule has 108 valence electrons. The van der Waals surface area contributed by atoms with E-state index < -0.39 is 6.04 Å². The van der Waals surface area contributed by atoms with E-state index in [2.05, 4.69) is 10.6 Å². The highest BCUT2D eigenvalue weighted by atomic mass is 16.2. The normalized spacial score (nSPS) is 18.5. The fraction of sp³-hybridized carbons (Fsp3) is 0.467. The van der Waals surface area contributed by atoms with Crippen molar-refractivity contribution in [3.63, 3.8) is 0 Å². The molecule has 0 saturated carbocycles. The van der Waals surface area contributed by atoms with Crippen LogP contribution >= 0.6 is 0 Å². The standard InChI is InChI=1S/C15H21N3O2/c1-10(2)16-15(20)17-13-8-9-18(14(13)19)12-6-4-11(3)5-7-12/h4-7,10,13H,8-9H2,1-3H3,(H2,16,17,20)/t13-/m0/s1. The number of nitrogens with one attached hydrogen (secondary N) is 2. The van der Waals surface area contributed by atoms with Gasteiger partial charge in [0.2, 0.25) is 5.91 Å². The van der Waals surface area contributed by atoms with Gasteiger partial charge in [-0.2, -0.15) is 0 Å². The molecule has 0 bridgehead atoms. The maximum absolute atomic E-state index is 12.3. The van der Waals surface area contributed by atoms with E-state index >= 15 is 0 Å². The van der Waals surface area contributed by atoms with E-state index in [0.717, 1.165) is 11.3 Å². The summed E-state index contributed by atoms with van der Waals surface area (Å²) in [7, 11) is 0. The van der Waals surface area contributed by atoms with Crippen molar-refractivity contribution in [1.29, 1.82) is 0 Å². The summed E-state index contributed by atoms with van der Waals surface area (Å²) in [4.78, 5) is 25.7. The molecule has 0 spiro atoms. The lowest BCUT2D eigenvalue weighted by molar-refractivity contribution is -0.118. The van der Waals surface area contributed by atoms with Crippen LogP contribution in [0, 0.1) is 6.92 Å². The van der Waals surface area contributed by atoms with Gasteiger partial charge in [-0.25, -0.2) is 4.79 Å². The van der Waals surface area contributed by atoms with Gasteiger partial charge in [-0.15, -0.1) is 0 Å². The Morgan fingerprint density at radius 2 is 1.95 bits per heavy atom. The maximum Gasteiger partial charge on any atom is 0.315 e. The summed E-state index contributed by atoms with van der Waals surface area (Å²) in [6.45, 7) is 6.41. The number of rotatable bonds is 3. The molecular weight excluding hydrogens is 254 g/mol. The number of nitrogens with zero attached hydrogens (tertiary/aromatic N) is 1. The predicted molar refractivity (Wildman–Crippen MR) is 78.7 cm³/mol. The lowest BCUT2D eigenvalue weighted by Gasteiger charge is -2.18. The molecule has 1 saturated heterocycles. The van der Waals surface area contributed by atoms with E-state index in [1.807, 2.05) is 45.0 Å². The number of amides is 3. The molecule has 1 fully saturated rings. The third-order valence-electron chi connectivity index (χ3n) is 3.28. The Balaban J connectivity index is 1.99. The zero-order valence-corrected chi connectivity index (χ0v) is 12.1. The van der Waals surface area contributed by atoms with Crippen molar-refractivity contribution in [3.05, 3.63) is 29.8 Å². The minimum Gasteiger partial charge on any atom is -0.336 e. The highest BCUT2D eigenvalue weighted by molar-refractivity contribution is 6.01. The Bertz CT molecular complexity index is 496. The molecule has 5 heteroatoms. The molecule has 3 amide bonds. The lowest BCUT2D eigenvalue weighted by Crippen LogP contribution is -2.47. The highest BCUT2D eigenvalue weighted by Gasteiger charge is 2.33. The molecule has 1 aliphatic rings. The van der Waals surface area contributed by atoms with Crippen LogP contribution < -0.4 is 15.5 Å². The monoisotopic (exact) mass is 275 g/mol. The van der Waals surface area contributed by atoms with Crippen LogP contribution in [0.1, 0.15) is 25.8 Å². The Morgan fingerprint density at radius 1 is 1.30 bits per heavy atom. The molecule has 1 aromatic carbocycles. The van der Waals surface area contributed by atoms with Crippen molar-refractivity contribution in [2.75, 3.05) is 11.4 Å². The highest BCUT2D eigenvalue weighted by Crippen LogP contribution is 2.21. The minimum atomic E-state index is -0.435. The van der Waals surface area contributed by atoms with Gasteiger partial charge in [-0.1, -0.05) is 17.7 Å². The average Bonchev–Trinajstić information content (AvgIpc) is 2.71. The maximum atomic E-state index is 12.3. The molecule has 0 radical (unpaired) electrons. The first kappa shape index (κ1) is 14.4. The summed E-state index contributed by atoms with van der Waals surface area (Å²) in [6, 6.07) is 7.16. The van der Waals surface area contributed by atoms with E-state index in [0.29, 0.717) is 13.0 Å². The van der Waals surface area contributed by atoms with Crippen molar-refractivity contribution in [2.24, 2.45) is 0 Å². The molecule has 0 aromatic heterocycles. The van der Waals surface area contributed by atoms with Gasteiger partial charge < -0.3 is 15.5 Å². The summed E-state index contributed by atoms with van der Waals surface area (Å²) < 4.78 is 0. The number of carbonyl (C=O) groups excluding carboxylic acids is 2. The van der Waals surface area contributed by atoms with Crippen LogP contribution in [0.15, 0.2) is 24.3 Å². The predicted octanol–water partition coefficient (Wildman–Crippen LogP) is 1.81. The molecule has 0 aliphatic carbocycles. The van der Waals surface area contributed by atoms with Crippen molar-refractivity contribution < 1.29 is 9.59 Å². The Hall–Kier alpha value is -2.04. The van der Waals surface area contributed by atoms with Gasteiger partial charge in [0, 0.05) is 18.3 Å². The Kier molecular flexibility index (Phi) is 4.27. The molecule has 2 rings (SSSR count). The van der Waals surface area contributed by atoms with Crippen LogP contribution in [0.3, 0.4) is 0 Å². The second-order valence-electron chi connectivity index (χ2n) is 5.44. The first-order valence-corrected chi connectivity index (χ1v) is 6.92. The SMILES string of the molecule is Cc1ccc(N2CC[C@H](NC(=O)NC(C)C)C2=O)cc1. The molecule has 2 N–H and O–H groups in total. The second kappa shape index (κ2) is 5.94. The number of hydrogen-bond donors (Lipinski definition) is 2. The zero-order chi connectivity index (χ0) is 14.7. The number of aryl methyl sites for hydroxylation is 1. The zero-order valence-electron chi connectivity index (χ0n) is 12.1. The first-order chi connectivity index (χ1) is 9.47. The Labute approximate surface area is 119 Å². The van der Waals surface area contributed by atoms with Gasteiger partial charge >= 0.3 is 6.03 Å². The third kappa shape index (κ3) is 3.29. The summed E-state index contributed by atoms with van der Waals surface area (Å²) in [5.74, 6) is -0.0484. The fourth-order valence-corrected chi connectivity index (χ4v) is 2.26. The van der Waals surface area contributed by atoms with Crippen LogP contribution in [0.4, 0.5) is 10.5 Å². The lowest BCUT2D eigenvalue weighted by atomic mass is 10.2. The van der Waals surface area contributed by atoms with Crippen LogP contribution in [0.2, 0.25) is 0 Å². The van der Waals surface area contributed by atoms with Gasteiger partial charge in [0.15, 0.2) is 0 Å². The molecule has 1 aliphatic heterocycles. The smallest absolute Gasteiger partial charge is 0.315 e. The number of carbonyl (C=O) groups is 2. The molecule has 1 heterocycles. The third-order valence-corrected chi connectivity index (χ3v) is 3.28. The summed E-state index contributed by atoms with van der Waals surface area (Å²) in [5, 5.41) is 5.46. The van der Waals surface area contributed by atoms with Crippen LogP contribution in [0.5, 0.6) is 0 Å². The van der Waals surface area contributed by atoms with Crippen LogP contribution in [-0.2, 0) is 4.79 Å². The average molecular weight is 275 g/mol. The molecule has 1 aromatic rings. The van der Waals surface area contributed by atoms with Crippen molar-refractivity contribution in [3.8, 4) is 0 Å². The first-order valence-electron chi connectivity index (χ1n) is 6.92. The number of benzene rings is 1. The van der Waals surface area contributed by atoms with Crippen molar-refractivity contribution in [1.82, 2.24) is 10.6 Å². The molecule has 0 unspecified atom stereocenters. The minimum absolute atomic E-state index is 0.0484. The molecule has 1 atom stereocenters. The van der Waals surface area contributed by atoms with Gasteiger partial charge in [0.05, 0.1) is 0 Å². The van der Waals surface area contributed by atoms with E-state index in [1.54, 1.807) is 4.90 Å². The molecule has 5 nitrogen and oxygen atoms in total. The summed E-state index contributed by atoms with van der Waals surface area (Å²) in [6.07, 6.45) is 0.637. The van der Waals surface area contributed by atoms with Crippen LogP contribution in [-0.4, -0.2) is 30.6 Å². The van der Waals surface area contributed by atoms with Gasteiger partial charge in [0.25, 0.3) is 0 Å². The van der Waals surface area contributed by atoms with Gasteiger partial charge in [0.1, 0.15) is 6.04 Å². The van der Waals surface area contributed by atoms with E-state index in [1.165, 1.54) is 0 Å². The fourth-order valence-electron chi connectivity index (χ4n) is 2.26. The van der Waals surface area contributed by atoms with Crippen molar-refractivity contribution >= 4 is 17.6 Å². The second-order valence-corrected chi connectivity index (χ2v) is 5.44. The summed E-state index contributed by atoms with van der Waals surface area (Å²) >= 11 is 0. The Morgan fingerprint density at radius 3 is 2.55 bits per heavy atom. The van der Waals surface area contributed by atoms with E-state index in [9.17, 15) is 9.59 Å². The summed E-state index contributed by atoms with van der Waals surface area (Å²) in [5.41, 5.74) is 2.04. The van der Waals surface area contributed by atoms with Crippen LogP contribution in [0.25, 0.3) is 0 Å². The van der Waals surface area contributed by atoms with Crippen molar-refractivity contribution in [2.45, 2.75) is 39.3 Å². The largest absolute Gasteiger partial charge is 0.336 e. The number of hydrogen-bond acceptors (Lipinski definition) is 2. The van der Waals surface area contributed by atoms with Gasteiger partial charge in [-0.05, 0) is 39.3 Å². The molecular formula is C15H21N3O2. The number of urea groups is 1. The van der Waals surface area contributed by atoms with Gasteiger partial charge in [-0.3, -0.25) is 4.79 Å². The van der Waals surface area contributed by atoms with E-state index in [-0.39, 0.29) is 18.0 Å². The topological polar surface area (TPSA) is 61.4 Å². The van der Waals surface area contributed by atoms with E-state index in [4.69, 9.17) is 0 Å².